The van der Waals surface area contributed by atoms with Crippen LogP contribution in [0.5, 0.6) is 5.75 Å². The van der Waals surface area contributed by atoms with Gasteiger partial charge in [0.1, 0.15) is 18.8 Å². The number of rotatable bonds is 5. The topological polar surface area (TPSA) is 39.0 Å². The van der Waals surface area contributed by atoms with Gasteiger partial charge in [-0.25, -0.2) is 0 Å². The minimum Gasteiger partial charge on any atom is -0.497 e. The molecule has 0 saturated carbocycles. The smallest absolute Gasteiger partial charge is 0.157 e. The second kappa shape index (κ2) is 5.37. The molecule has 0 amide bonds. The predicted octanol–water partition coefficient (Wildman–Crippen LogP) is 1.55. The monoisotopic (exact) mass is 218 g/mol. The maximum absolute atomic E-state index is 5.26. The van der Waals surface area contributed by atoms with E-state index in [-0.39, 0.29) is 0 Å². The molecule has 1 aromatic heterocycles. The van der Waals surface area contributed by atoms with Crippen LogP contribution < -0.4 is 10.1 Å². The average molecular weight is 218 g/mol. The van der Waals surface area contributed by atoms with E-state index in [1.807, 2.05) is 24.3 Å². The molecule has 0 saturated heterocycles. The minimum atomic E-state index is 0.865. The summed E-state index contributed by atoms with van der Waals surface area (Å²) in [6, 6.07) is 12.0. The van der Waals surface area contributed by atoms with Crippen LogP contribution in [-0.4, -0.2) is 7.11 Å². The number of quaternary nitrogens is 1. The molecule has 1 heterocycles. The molecule has 0 unspecified atom stereocenters. The van der Waals surface area contributed by atoms with Gasteiger partial charge in [0.2, 0.25) is 0 Å². The fourth-order valence-corrected chi connectivity index (χ4v) is 1.61. The van der Waals surface area contributed by atoms with Crippen LogP contribution >= 0.6 is 0 Å². The van der Waals surface area contributed by atoms with Crippen molar-refractivity contribution in [2.45, 2.75) is 13.1 Å². The van der Waals surface area contributed by atoms with Crippen molar-refractivity contribution in [3.63, 3.8) is 0 Å². The summed E-state index contributed by atoms with van der Waals surface area (Å²) in [5.74, 6) is 1.91. The van der Waals surface area contributed by atoms with Crippen LogP contribution in [0, 0.1) is 0 Å². The van der Waals surface area contributed by atoms with Crippen LogP contribution in [-0.2, 0) is 13.1 Å². The Morgan fingerprint density at radius 1 is 1.19 bits per heavy atom. The molecule has 2 N–H and O–H groups in total. The van der Waals surface area contributed by atoms with Crippen LogP contribution in [0.1, 0.15) is 11.3 Å². The van der Waals surface area contributed by atoms with Crippen LogP contribution in [0.3, 0.4) is 0 Å². The van der Waals surface area contributed by atoms with Gasteiger partial charge in [-0.15, -0.1) is 0 Å². The molecule has 84 valence electrons. The van der Waals surface area contributed by atoms with Crippen molar-refractivity contribution in [1.29, 1.82) is 0 Å². The van der Waals surface area contributed by atoms with Crippen LogP contribution in [0.15, 0.2) is 47.1 Å². The molecule has 2 aromatic rings. The van der Waals surface area contributed by atoms with E-state index >= 15 is 0 Å². The highest BCUT2D eigenvalue weighted by molar-refractivity contribution is 5.27. The number of ether oxygens (including phenoxy) is 1. The second-order valence-electron chi connectivity index (χ2n) is 3.63. The first kappa shape index (κ1) is 10.8. The van der Waals surface area contributed by atoms with Gasteiger partial charge in [-0.05, 0) is 24.3 Å². The molecule has 0 bridgehead atoms. The lowest BCUT2D eigenvalue weighted by Crippen LogP contribution is -2.80. The van der Waals surface area contributed by atoms with Crippen molar-refractivity contribution < 1.29 is 14.5 Å². The molecule has 3 nitrogen and oxygen atoms in total. The van der Waals surface area contributed by atoms with Gasteiger partial charge in [-0.3, -0.25) is 0 Å². The number of hydrogen-bond acceptors (Lipinski definition) is 2. The number of methoxy groups -OCH3 is 1. The first-order valence-electron chi connectivity index (χ1n) is 5.35. The Bertz CT molecular complexity index is 423. The second-order valence-corrected chi connectivity index (χ2v) is 3.63. The fraction of sp³-hybridized carbons (Fsp3) is 0.231. The van der Waals surface area contributed by atoms with Gasteiger partial charge < -0.3 is 14.5 Å². The zero-order valence-corrected chi connectivity index (χ0v) is 9.35. The summed E-state index contributed by atoms with van der Waals surface area (Å²) >= 11 is 0. The molecule has 2 rings (SSSR count). The SMILES string of the molecule is COc1cccc(C[NH2+]Cc2ccco2)c1. The minimum absolute atomic E-state index is 0.865. The normalized spacial score (nSPS) is 10.3. The van der Waals surface area contributed by atoms with Crippen molar-refractivity contribution in [3.8, 4) is 5.75 Å². The molecule has 0 aliphatic carbocycles. The van der Waals surface area contributed by atoms with Gasteiger partial charge in [-0.1, -0.05) is 12.1 Å². The lowest BCUT2D eigenvalue weighted by atomic mass is 10.2. The molecule has 0 radical (unpaired) electrons. The van der Waals surface area contributed by atoms with Gasteiger partial charge >= 0.3 is 0 Å². The lowest BCUT2D eigenvalue weighted by molar-refractivity contribution is -0.688. The van der Waals surface area contributed by atoms with Gasteiger partial charge in [0.05, 0.1) is 13.4 Å². The average Bonchev–Trinajstić information content (AvgIpc) is 2.82. The third kappa shape index (κ3) is 2.87. The highest BCUT2D eigenvalue weighted by Gasteiger charge is 2.00. The molecular weight excluding hydrogens is 202 g/mol. The van der Waals surface area contributed by atoms with E-state index in [4.69, 9.17) is 9.15 Å². The molecule has 0 aliphatic heterocycles. The van der Waals surface area contributed by atoms with E-state index in [1.165, 1.54) is 5.56 Å². The summed E-state index contributed by atoms with van der Waals surface area (Å²) in [6.07, 6.45) is 1.70. The van der Waals surface area contributed by atoms with Gasteiger partial charge in [0.15, 0.2) is 5.76 Å². The van der Waals surface area contributed by atoms with E-state index in [1.54, 1.807) is 13.4 Å². The summed E-state index contributed by atoms with van der Waals surface area (Å²) in [7, 11) is 1.69. The predicted molar refractivity (Wildman–Crippen MR) is 61.0 cm³/mol. The molecule has 0 spiro atoms. The van der Waals surface area contributed by atoms with E-state index in [0.29, 0.717) is 0 Å². The Labute approximate surface area is 95.0 Å². The third-order valence-electron chi connectivity index (χ3n) is 2.44. The molecule has 0 atom stereocenters. The molecule has 0 aliphatic rings. The van der Waals surface area contributed by atoms with Crippen molar-refractivity contribution in [2.75, 3.05) is 7.11 Å². The van der Waals surface area contributed by atoms with E-state index in [9.17, 15) is 0 Å². The summed E-state index contributed by atoms with van der Waals surface area (Å²) in [5.41, 5.74) is 1.26. The first-order chi connectivity index (χ1) is 7.88. The summed E-state index contributed by atoms with van der Waals surface area (Å²) < 4.78 is 10.4. The highest BCUT2D eigenvalue weighted by atomic mass is 16.5. The zero-order valence-electron chi connectivity index (χ0n) is 9.35. The first-order valence-corrected chi connectivity index (χ1v) is 5.35. The van der Waals surface area contributed by atoms with Crippen molar-refractivity contribution in [2.24, 2.45) is 0 Å². The summed E-state index contributed by atoms with van der Waals surface area (Å²) in [4.78, 5) is 0. The maximum Gasteiger partial charge on any atom is 0.157 e. The molecule has 1 aromatic carbocycles. The lowest BCUT2D eigenvalue weighted by Gasteiger charge is -2.03. The molecule has 0 fully saturated rings. The summed E-state index contributed by atoms with van der Waals surface area (Å²) in [6.45, 7) is 1.79. The molecular formula is C13H16NO2+. The third-order valence-corrected chi connectivity index (χ3v) is 2.44. The summed E-state index contributed by atoms with van der Waals surface area (Å²) in [5, 5.41) is 2.20. The number of furan rings is 1. The Balaban J connectivity index is 1.85. The van der Waals surface area contributed by atoms with Crippen LogP contribution in [0.25, 0.3) is 0 Å². The Morgan fingerprint density at radius 3 is 2.88 bits per heavy atom. The molecule has 16 heavy (non-hydrogen) atoms. The number of nitrogens with two attached hydrogens (primary N) is 1. The Kier molecular flexibility index (Phi) is 3.62. The molecule has 3 heteroatoms. The van der Waals surface area contributed by atoms with Crippen molar-refractivity contribution >= 4 is 0 Å². The Morgan fingerprint density at radius 2 is 2.12 bits per heavy atom. The van der Waals surface area contributed by atoms with Crippen LogP contribution in [0.4, 0.5) is 0 Å². The largest absolute Gasteiger partial charge is 0.497 e. The maximum atomic E-state index is 5.26. The zero-order chi connectivity index (χ0) is 11.2. The van der Waals surface area contributed by atoms with Crippen molar-refractivity contribution in [3.05, 3.63) is 54.0 Å². The number of benzene rings is 1. The highest BCUT2D eigenvalue weighted by Crippen LogP contribution is 2.11. The van der Waals surface area contributed by atoms with E-state index in [0.717, 1.165) is 24.6 Å². The van der Waals surface area contributed by atoms with Crippen molar-refractivity contribution in [1.82, 2.24) is 0 Å². The quantitative estimate of drug-likeness (QED) is 0.827. The Hall–Kier alpha value is -1.74. The van der Waals surface area contributed by atoms with Gasteiger partial charge in [0.25, 0.3) is 0 Å². The van der Waals surface area contributed by atoms with E-state index in [2.05, 4.69) is 17.4 Å². The van der Waals surface area contributed by atoms with E-state index < -0.39 is 0 Å². The van der Waals surface area contributed by atoms with Gasteiger partial charge in [0, 0.05) is 5.56 Å². The fourth-order valence-electron chi connectivity index (χ4n) is 1.61. The van der Waals surface area contributed by atoms with Gasteiger partial charge in [-0.2, -0.15) is 0 Å². The van der Waals surface area contributed by atoms with Crippen LogP contribution in [0.2, 0.25) is 0 Å². The number of hydrogen-bond donors (Lipinski definition) is 1. The standard InChI is InChI=1S/C13H15NO2/c1-15-12-5-2-4-11(8-12)9-14-10-13-6-3-7-16-13/h2-8,14H,9-10H2,1H3/p+1.